The predicted octanol–water partition coefficient (Wildman–Crippen LogP) is 3.12. The van der Waals surface area contributed by atoms with Gasteiger partial charge in [0, 0.05) is 5.39 Å². The Morgan fingerprint density at radius 2 is 1.92 bits per heavy atom. The maximum Gasteiger partial charge on any atom is 0.357 e. The lowest BCUT2D eigenvalue weighted by Crippen LogP contribution is -2.52. The highest BCUT2D eigenvalue weighted by molar-refractivity contribution is 5.93. The van der Waals surface area contributed by atoms with E-state index in [0.717, 1.165) is 24.6 Å². The van der Waals surface area contributed by atoms with Gasteiger partial charge in [0.15, 0.2) is 6.10 Å². The summed E-state index contributed by atoms with van der Waals surface area (Å²) in [7, 11) is 0. The Balaban J connectivity index is 1.66. The van der Waals surface area contributed by atoms with E-state index in [-0.39, 0.29) is 5.69 Å². The molecule has 3 rings (SSSR count). The van der Waals surface area contributed by atoms with E-state index in [9.17, 15) is 14.9 Å². The lowest BCUT2D eigenvalue weighted by Gasteiger charge is -2.32. The topological polar surface area (TPSA) is 92.1 Å². The number of carbonyl (C=O) groups excluding carboxylic acids is 2. The summed E-state index contributed by atoms with van der Waals surface area (Å²) in [5, 5.41) is 13.1. The van der Waals surface area contributed by atoms with Crippen molar-refractivity contribution in [1.29, 1.82) is 5.26 Å². The van der Waals surface area contributed by atoms with Gasteiger partial charge in [-0.15, -0.1) is 0 Å². The number of aromatic nitrogens is 1. The number of fused-ring (bicyclic) bond motifs is 1. The van der Waals surface area contributed by atoms with E-state index < -0.39 is 23.5 Å². The first-order valence-corrected chi connectivity index (χ1v) is 8.83. The van der Waals surface area contributed by atoms with Crippen molar-refractivity contribution in [3.63, 3.8) is 0 Å². The van der Waals surface area contributed by atoms with Gasteiger partial charge in [0.25, 0.3) is 5.91 Å². The highest BCUT2D eigenvalue weighted by Crippen LogP contribution is 2.27. The Kier molecular flexibility index (Phi) is 5.17. The first-order valence-electron chi connectivity index (χ1n) is 8.83. The normalized spacial score (nSPS) is 17.1. The fraction of sp³-hybridized carbons (Fsp3) is 0.400. The average Bonchev–Trinajstić information content (AvgIpc) is 2.68. The number of amides is 1. The van der Waals surface area contributed by atoms with Gasteiger partial charge in [-0.2, -0.15) is 5.26 Å². The number of benzene rings is 1. The first-order chi connectivity index (χ1) is 12.5. The molecule has 1 atom stereocenters. The van der Waals surface area contributed by atoms with Gasteiger partial charge >= 0.3 is 5.97 Å². The van der Waals surface area contributed by atoms with Gasteiger partial charge < -0.3 is 10.1 Å². The monoisotopic (exact) mass is 351 g/mol. The molecule has 0 aliphatic heterocycles. The number of para-hydroxylation sites is 1. The number of rotatable bonds is 4. The molecule has 1 amide bonds. The molecule has 1 N–H and O–H groups in total. The van der Waals surface area contributed by atoms with Gasteiger partial charge in [-0.25, -0.2) is 9.78 Å². The summed E-state index contributed by atoms with van der Waals surface area (Å²) in [6, 6.07) is 13.0. The van der Waals surface area contributed by atoms with Gasteiger partial charge in [0.1, 0.15) is 11.2 Å². The fourth-order valence-corrected chi connectivity index (χ4v) is 3.21. The van der Waals surface area contributed by atoms with Crippen LogP contribution in [0.1, 0.15) is 49.5 Å². The summed E-state index contributed by atoms with van der Waals surface area (Å²) in [4.78, 5) is 29.0. The SMILES string of the molecule is C[C@@H](OC(=O)c1ccc2ccccc2n1)C(=O)NC1(C#N)CCCCC1. The molecule has 134 valence electrons. The molecular weight excluding hydrogens is 330 g/mol. The Morgan fingerprint density at radius 3 is 2.65 bits per heavy atom. The van der Waals surface area contributed by atoms with Crippen LogP contribution in [0, 0.1) is 11.3 Å². The van der Waals surface area contributed by atoms with E-state index in [1.54, 1.807) is 12.1 Å². The number of nitrogens with one attached hydrogen (secondary N) is 1. The third kappa shape index (κ3) is 3.83. The molecule has 1 heterocycles. The molecule has 2 aromatic rings. The molecule has 0 radical (unpaired) electrons. The van der Waals surface area contributed by atoms with Crippen molar-refractivity contribution in [3.8, 4) is 6.07 Å². The predicted molar refractivity (Wildman–Crippen MR) is 96.2 cm³/mol. The molecule has 1 fully saturated rings. The number of carbonyl (C=O) groups is 2. The second-order valence-corrected chi connectivity index (χ2v) is 6.68. The van der Waals surface area contributed by atoms with E-state index in [0.29, 0.717) is 18.4 Å². The number of esters is 1. The van der Waals surface area contributed by atoms with Crippen molar-refractivity contribution in [2.45, 2.75) is 50.7 Å². The molecule has 1 aliphatic rings. The zero-order valence-corrected chi connectivity index (χ0v) is 14.7. The molecule has 1 aliphatic carbocycles. The molecular formula is C20H21N3O3. The number of ether oxygens (including phenoxy) is 1. The van der Waals surface area contributed by atoms with Gasteiger partial charge in [0.2, 0.25) is 0 Å². The third-order valence-electron chi connectivity index (χ3n) is 4.74. The lowest BCUT2D eigenvalue weighted by molar-refractivity contribution is -0.130. The van der Waals surface area contributed by atoms with Gasteiger partial charge in [0.05, 0.1) is 11.6 Å². The summed E-state index contributed by atoms with van der Waals surface area (Å²) in [5.74, 6) is -1.12. The molecule has 0 spiro atoms. The minimum atomic E-state index is -0.997. The molecule has 1 aromatic heterocycles. The number of nitriles is 1. The smallest absolute Gasteiger partial charge is 0.357 e. The molecule has 0 unspecified atom stereocenters. The second kappa shape index (κ2) is 7.52. The molecule has 0 bridgehead atoms. The minimum Gasteiger partial charge on any atom is -0.448 e. The van der Waals surface area contributed by atoms with E-state index in [2.05, 4.69) is 16.4 Å². The van der Waals surface area contributed by atoms with E-state index in [1.807, 2.05) is 24.3 Å². The molecule has 1 aromatic carbocycles. The molecule has 26 heavy (non-hydrogen) atoms. The van der Waals surface area contributed by atoms with Crippen LogP contribution in [-0.4, -0.2) is 28.5 Å². The zero-order chi connectivity index (χ0) is 18.6. The van der Waals surface area contributed by atoms with Crippen LogP contribution in [0.2, 0.25) is 0 Å². The molecule has 0 saturated heterocycles. The van der Waals surface area contributed by atoms with Crippen molar-refractivity contribution in [1.82, 2.24) is 10.3 Å². The number of nitrogens with zero attached hydrogens (tertiary/aromatic N) is 2. The van der Waals surface area contributed by atoms with Gasteiger partial charge in [-0.1, -0.05) is 43.5 Å². The average molecular weight is 351 g/mol. The number of pyridine rings is 1. The van der Waals surface area contributed by atoms with E-state index in [1.165, 1.54) is 6.92 Å². The zero-order valence-electron chi connectivity index (χ0n) is 14.7. The maximum atomic E-state index is 12.4. The molecule has 1 saturated carbocycles. The summed E-state index contributed by atoms with van der Waals surface area (Å²) in [6.07, 6.45) is 3.14. The van der Waals surface area contributed by atoms with Crippen molar-refractivity contribution >= 4 is 22.8 Å². The van der Waals surface area contributed by atoms with Crippen LogP contribution in [-0.2, 0) is 9.53 Å². The number of hydrogen-bond acceptors (Lipinski definition) is 5. The van der Waals surface area contributed by atoms with Crippen molar-refractivity contribution in [2.75, 3.05) is 0 Å². The third-order valence-corrected chi connectivity index (χ3v) is 4.74. The standard InChI is InChI=1S/C20H21N3O3/c1-14(18(24)23-20(13-21)11-5-2-6-12-20)26-19(25)17-10-9-15-7-3-4-8-16(15)22-17/h3-4,7-10,14H,2,5-6,11-12H2,1H3,(H,23,24)/t14-/m1/s1. The largest absolute Gasteiger partial charge is 0.448 e. The first kappa shape index (κ1) is 17.9. The van der Waals surface area contributed by atoms with Crippen LogP contribution in [0.25, 0.3) is 10.9 Å². The van der Waals surface area contributed by atoms with Crippen LogP contribution < -0.4 is 5.32 Å². The van der Waals surface area contributed by atoms with Gasteiger partial charge in [-0.05, 0) is 31.9 Å². The quantitative estimate of drug-likeness (QED) is 0.855. The van der Waals surface area contributed by atoms with Gasteiger partial charge in [-0.3, -0.25) is 4.79 Å². The molecule has 6 nitrogen and oxygen atoms in total. The van der Waals surface area contributed by atoms with Crippen LogP contribution in [0.15, 0.2) is 36.4 Å². The van der Waals surface area contributed by atoms with E-state index in [4.69, 9.17) is 4.74 Å². The van der Waals surface area contributed by atoms with Crippen molar-refractivity contribution < 1.29 is 14.3 Å². The maximum absolute atomic E-state index is 12.4. The summed E-state index contributed by atoms with van der Waals surface area (Å²) in [6.45, 7) is 1.50. The Bertz CT molecular complexity index is 866. The fourth-order valence-electron chi connectivity index (χ4n) is 3.21. The summed E-state index contributed by atoms with van der Waals surface area (Å²) >= 11 is 0. The highest BCUT2D eigenvalue weighted by Gasteiger charge is 2.35. The van der Waals surface area contributed by atoms with Crippen LogP contribution in [0.5, 0.6) is 0 Å². The second-order valence-electron chi connectivity index (χ2n) is 6.68. The minimum absolute atomic E-state index is 0.149. The van der Waals surface area contributed by atoms with Crippen LogP contribution in [0.3, 0.4) is 0 Å². The Hall–Kier alpha value is -2.94. The summed E-state index contributed by atoms with van der Waals surface area (Å²) < 4.78 is 5.26. The van der Waals surface area contributed by atoms with Crippen LogP contribution >= 0.6 is 0 Å². The Labute approximate surface area is 152 Å². The van der Waals surface area contributed by atoms with Crippen LogP contribution in [0.4, 0.5) is 0 Å². The van der Waals surface area contributed by atoms with Crippen molar-refractivity contribution in [2.24, 2.45) is 0 Å². The van der Waals surface area contributed by atoms with E-state index >= 15 is 0 Å². The molecule has 6 heteroatoms. The Morgan fingerprint density at radius 1 is 1.19 bits per heavy atom. The summed E-state index contributed by atoms with van der Waals surface area (Å²) in [5.41, 5.74) is -0.0160. The lowest BCUT2D eigenvalue weighted by atomic mass is 9.83. The number of hydrogen-bond donors (Lipinski definition) is 1. The highest BCUT2D eigenvalue weighted by atomic mass is 16.5. The van der Waals surface area contributed by atoms with Crippen molar-refractivity contribution in [3.05, 3.63) is 42.1 Å².